The van der Waals surface area contributed by atoms with Crippen molar-refractivity contribution in [3.63, 3.8) is 0 Å². The molecule has 0 heterocycles. The SMILES string of the molecule is COc1ccc([C@H](CC(C)C)NC(=S)Nc2ccc(Br)c(C)c2)cc1. The van der Waals surface area contributed by atoms with E-state index in [-0.39, 0.29) is 6.04 Å². The minimum Gasteiger partial charge on any atom is -0.497 e. The Morgan fingerprint density at radius 1 is 1.16 bits per heavy atom. The topological polar surface area (TPSA) is 33.3 Å². The zero-order valence-electron chi connectivity index (χ0n) is 15.1. The highest BCUT2D eigenvalue weighted by Crippen LogP contribution is 2.24. The molecule has 0 spiro atoms. The molecule has 2 rings (SSSR count). The number of hydrogen-bond donors (Lipinski definition) is 2. The first kappa shape index (κ1) is 19.7. The lowest BCUT2D eigenvalue weighted by atomic mass is 9.97. The van der Waals surface area contributed by atoms with E-state index >= 15 is 0 Å². The molecule has 0 unspecified atom stereocenters. The van der Waals surface area contributed by atoms with E-state index in [0.717, 1.165) is 22.3 Å². The number of anilines is 1. The molecule has 0 aromatic heterocycles. The van der Waals surface area contributed by atoms with E-state index in [1.807, 2.05) is 24.3 Å². The van der Waals surface area contributed by atoms with Gasteiger partial charge >= 0.3 is 0 Å². The lowest BCUT2D eigenvalue weighted by Crippen LogP contribution is -2.33. The van der Waals surface area contributed by atoms with Crippen LogP contribution in [0, 0.1) is 12.8 Å². The normalized spacial score (nSPS) is 11.9. The molecule has 1 atom stereocenters. The molecule has 0 saturated carbocycles. The second-order valence-corrected chi connectivity index (χ2v) is 7.78. The minimum atomic E-state index is 0.155. The molecule has 5 heteroatoms. The van der Waals surface area contributed by atoms with Gasteiger partial charge in [0, 0.05) is 10.2 Å². The summed E-state index contributed by atoms with van der Waals surface area (Å²) in [6.45, 7) is 6.49. The second-order valence-electron chi connectivity index (χ2n) is 6.52. The summed E-state index contributed by atoms with van der Waals surface area (Å²) in [5.74, 6) is 1.41. The van der Waals surface area contributed by atoms with E-state index < -0.39 is 0 Å². The van der Waals surface area contributed by atoms with Gasteiger partial charge in [-0.1, -0.05) is 41.9 Å². The Hall–Kier alpha value is -1.59. The van der Waals surface area contributed by atoms with Gasteiger partial charge in [-0.05, 0) is 72.9 Å². The fraction of sp³-hybridized carbons (Fsp3) is 0.350. The zero-order valence-corrected chi connectivity index (χ0v) is 17.5. The average Bonchev–Trinajstić information content (AvgIpc) is 2.57. The van der Waals surface area contributed by atoms with Crippen molar-refractivity contribution in [1.29, 1.82) is 0 Å². The first-order chi connectivity index (χ1) is 11.9. The van der Waals surface area contributed by atoms with Gasteiger partial charge in [-0.15, -0.1) is 0 Å². The number of nitrogens with one attached hydrogen (secondary N) is 2. The number of halogens is 1. The number of rotatable bonds is 6. The zero-order chi connectivity index (χ0) is 18.4. The van der Waals surface area contributed by atoms with Crippen LogP contribution >= 0.6 is 28.1 Å². The van der Waals surface area contributed by atoms with E-state index in [1.165, 1.54) is 11.1 Å². The number of methoxy groups -OCH3 is 1. The summed E-state index contributed by atoms with van der Waals surface area (Å²) in [6, 6.07) is 14.4. The van der Waals surface area contributed by atoms with Crippen LogP contribution in [0.5, 0.6) is 5.75 Å². The van der Waals surface area contributed by atoms with Gasteiger partial charge in [-0.25, -0.2) is 0 Å². The van der Waals surface area contributed by atoms with Crippen molar-refractivity contribution in [3.8, 4) is 5.75 Å². The Morgan fingerprint density at radius 2 is 1.84 bits per heavy atom. The van der Waals surface area contributed by atoms with E-state index in [9.17, 15) is 0 Å². The number of aryl methyl sites for hydroxylation is 1. The van der Waals surface area contributed by atoms with Gasteiger partial charge in [0.05, 0.1) is 13.2 Å². The molecule has 0 saturated heterocycles. The third-order valence-corrected chi connectivity index (χ3v) is 5.06. The molecule has 2 N–H and O–H groups in total. The average molecular weight is 421 g/mol. The van der Waals surface area contributed by atoms with Gasteiger partial charge in [0.25, 0.3) is 0 Å². The van der Waals surface area contributed by atoms with Crippen LogP contribution in [-0.2, 0) is 0 Å². The fourth-order valence-electron chi connectivity index (χ4n) is 2.63. The van der Waals surface area contributed by atoms with E-state index in [4.69, 9.17) is 17.0 Å². The van der Waals surface area contributed by atoms with Crippen molar-refractivity contribution in [2.75, 3.05) is 12.4 Å². The molecule has 0 aliphatic rings. The van der Waals surface area contributed by atoms with Crippen LogP contribution in [0.2, 0.25) is 0 Å². The molecule has 0 fully saturated rings. The molecular formula is C20H25BrN2OS. The fourth-order valence-corrected chi connectivity index (χ4v) is 3.14. The van der Waals surface area contributed by atoms with E-state index in [0.29, 0.717) is 11.0 Å². The quantitative estimate of drug-likeness (QED) is 0.574. The predicted octanol–water partition coefficient (Wildman–Crippen LogP) is 5.84. The monoisotopic (exact) mass is 420 g/mol. The highest BCUT2D eigenvalue weighted by molar-refractivity contribution is 9.10. The third kappa shape index (κ3) is 6.01. The molecule has 0 amide bonds. The highest BCUT2D eigenvalue weighted by atomic mass is 79.9. The molecule has 25 heavy (non-hydrogen) atoms. The van der Waals surface area contributed by atoms with Crippen LogP contribution in [0.15, 0.2) is 46.9 Å². The van der Waals surface area contributed by atoms with Crippen molar-refractivity contribution in [2.24, 2.45) is 5.92 Å². The van der Waals surface area contributed by atoms with Crippen molar-refractivity contribution in [1.82, 2.24) is 5.32 Å². The number of hydrogen-bond acceptors (Lipinski definition) is 2. The molecule has 2 aromatic rings. The highest BCUT2D eigenvalue weighted by Gasteiger charge is 2.15. The van der Waals surface area contributed by atoms with Crippen molar-refractivity contribution in [3.05, 3.63) is 58.1 Å². The standard InChI is InChI=1S/C20H25BrN2OS/c1-13(2)11-19(15-5-8-17(24-4)9-6-15)23-20(25)22-16-7-10-18(21)14(3)12-16/h5-10,12-13,19H,11H2,1-4H3,(H2,22,23,25)/t19-/m0/s1. The first-order valence-electron chi connectivity index (χ1n) is 8.36. The first-order valence-corrected chi connectivity index (χ1v) is 9.56. The van der Waals surface area contributed by atoms with Crippen LogP contribution in [0.3, 0.4) is 0 Å². The summed E-state index contributed by atoms with van der Waals surface area (Å²) in [5.41, 5.74) is 3.35. The van der Waals surface area contributed by atoms with Crippen LogP contribution in [0.25, 0.3) is 0 Å². The summed E-state index contributed by atoms with van der Waals surface area (Å²) < 4.78 is 6.34. The van der Waals surface area contributed by atoms with Crippen LogP contribution < -0.4 is 15.4 Å². The van der Waals surface area contributed by atoms with Gasteiger partial charge < -0.3 is 15.4 Å². The Kier molecular flexibility index (Phi) is 7.26. The Morgan fingerprint density at radius 3 is 2.40 bits per heavy atom. The van der Waals surface area contributed by atoms with E-state index in [2.05, 4.69) is 65.5 Å². The maximum Gasteiger partial charge on any atom is 0.171 e. The number of thiocarbonyl (C=S) groups is 1. The lowest BCUT2D eigenvalue weighted by Gasteiger charge is -2.23. The minimum absolute atomic E-state index is 0.155. The predicted molar refractivity (Wildman–Crippen MR) is 113 cm³/mol. The smallest absolute Gasteiger partial charge is 0.171 e. The van der Waals surface area contributed by atoms with Crippen LogP contribution in [0.1, 0.15) is 37.4 Å². The molecule has 134 valence electrons. The third-order valence-electron chi connectivity index (χ3n) is 3.95. The largest absolute Gasteiger partial charge is 0.497 e. The van der Waals surface area contributed by atoms with Gasteiger partial charge in [-0.2, -0.15) is 0 Å². The summed E-state index contributed by atoms with van der Waals surface area (Å²) >= 11 is 9.05. The molecule has 3 nitrogen and oxygen atoms in total. The maximum atomic E-state index is 5.53. The van der Waals surface area contributed by atoms with Crippen molar-refractivity contribution < 1.29 is 4.74 Å². The molecule has 0 aliphatic carbocycles. The van der Waals surface area contributed by atoms with E-state index in [1.54, 1.807) is 7.11 Å². The maximum absolute atomic E-state index is 5.53. The van der Waals surface area contributed by atoms with Crippen molar-refractivity contribution in [2.45, 2.75) is 33.2 Å². The van der Waals surface area contributed by atoms with Crippen LogP contribution in [0.4, 0.5) is 5.69 Å². The van der Waals surface area contributed by atoms with Gasteiger partial charge in [0.2, 0.25) is 0 Å². The Labute approximate surface area is 164 Å². The Balaban J connectivity index is 2.09. The summed E-state index contributed by atoms with van der Waals surface area (Å²) in [4.78, 5) is 0. The molecule has 0 aliphatic heterocycles. The summed E-state index contributed by atoms with van der Waals surface area (Å²) in [5, 5.41) is 7.36. The van der Waals surface area contributed by atoms with Gasteiger partial charge in [0.15, 0.2) is 5.11 Å². The number of benzene rings is 2. The van der Waals surface area contributed by atoms with Gasteiger partial charge in [0.1, 0.15) is 5.75 Å². The molecule has 2 aromatic carbocycles. The molecule has 0 radical (unpaired) electrons. The Bertz CT molecular complexity index is 716. The molecular weight excluding hydrogens is 396 g/mol. The van der Waals surface area contributed by atoms with Crippen molar-refractivity contribution >= 4 is 38.9 Å². The van der Waals surface area contributed by atoms with Crippen LogP contribution in [-0.4, -0.2) is 12.2 Å². The second kappa shape index (κ2) is 9.20. The molecule has 0 bridgehead atoms. The summed E-state index contributed by atoms with van der Waals surface area (Å²) in [7, 11) is 1.68. The number of ether oxygens (including phenoxy) is 1. The van der Waals surface area contributed by atoms with Gasteiger partial charge in [-0.3, -0.25) is 0 Å². The lowest BCUT2D eigenvalue weighted by molar-refractivity contribution is 0.414. The summed E-state index contributed by atoms with van der Waals surface area (Å²) in [6.07, 6.45) is 0.994.